The van der Waals surface area contributed by atoms with Crippen molar-refractivity contribution >= 4 is 5.97 Å². The maximum absolute atomic E-state index is 10.8. The summed E-state index contributed by atoms with van der Waals surface area (Å²) >= 11 is 0. The maximum Gasteiger partial charge on any atom is 0.330 e. The predicted octanol–water partition coefficient (Wildman–Crippen LogP) is 6.47. The van der Waals surface area contributed by atoms with E-state index in [-0.39, 0.29) is 5.97 Å². The lowest BCUT2D eigenvalue weighted by molar-refractivity contribution is -0.134. The van der Waals surface area contributed by atoms with E-state index >= 15 is 0 Å². The summed E-state index contributed by atoms with van der Waals surface area (Å²) in [5, 5.41) is 0. The van der Waals surface area contributed by atoms with E-state index in [0.29, 0.717) is 0 Å². The molecule has 0 aliphatic rings. The van der Waals surface area contributed by atoms with E-state index in [9.17, 15) is 4.79 Å². The van der Waals surface area contributed by atoms with Gasteiger partial charge in [0.15, 0.2) is 0 Å². The van der Waals surface area contributed by atoms with Gasteiger partial charge in [0, 0.05) is 6.08 Å². The van der Waals surface area contributed by atoms with Gasteiger partial charge in [-0.15, -0.1) is 0 Å². The first-order chi connectivity index (χ1) is 11.8. The van der Waals surface area contributed by atoms with E-state index in [1.54, 1.807) is 12.2 Å². The van der Waals surface area contributed by atoms with Gasteiger partial charge in [-0.1, -0.05) is 107 Å². The molecule has 0 aromatic heterocycles. The zero-order chi connectivity index (χ0) is 17.7. The zero-order valence-electron chi connectivity index (χ0n) is 15.5. The Morgan fingerprint density at radius 2 is 1.21 bits per heavy atom. The van der Waals surface area contributed by atoms with Crippen LogP contribution in [-0.4, -0.2) is 13.1 Å². The lowest BCUT2D eigenvalue weighted by Gasteiger charge is -1.99. The van der Waals surface area contributed by atoms with Crippen molar-refractivity contribution in [1.82, 2.24) is 0 Å². The molecule has 0 heterocycles. The van der Waals surface area contributed by atoms with Gasteiger partial charge in [0.25, 0.3) is 0 Å². The Kier molecular flexibility index (Phi) is 17.8. The molecule has 134 valence electrons. The predicted molar refractivity (Wildman–Crippen MR) is 105 cm³/mol. The summed E-state index contributed by atoms with van der Waals surface area (Å²) in [4.78, 5) is 10.8. The van der Waals surface area contributed by atoms with Gasteiger partial charge in [-0.3, -0.25) is 0 Å². The Hall–Kier alpha value is -1.83. The molecular weight excluding hydrogens is 296 g/mol. The third-order valence-electron chi connectivity index (χ3n) is 3.57. The second-order valence-corrected chi connectivity index (χ2v) is 5.73. The summed E-state index contributed by atoms with van der Waals surface area (Å²) in [6.07, 6.45) is 31.1. The number of methoxy groups -OCH3 is 1. The minimum Gasteiger partial charge on any atom is -0.466 e. The Balaban J connectivity index is 3.51. The average molecular weight is 331 g/mol. The summed E-state index contributed by atoms with van der Waals surface area (Å²) in [5.74, 6) is -0.342. The number of carbonyl (C=O) groups excluding carboxylic acids is 1. The maximum atomic E-state index is 10.8. The average Bonchev–Trinajstić information content (AvgIpc) is 2.60. The van der Waals surface area contributed by atoms with Crippen LogP contribution in [0.3, 0.4) is 0 Å². The van der Waals surface area contributed by atoms with Crippen LogP contribution in [0.1, 0.15) is 64.7 Å². The number of rotatable bonds is 14. The van der Waals surface area contributed by atoms with E-state index < -0.39 is 0 Å². The lowest BCUT2D eigenvalue weighted by atomic mass is 10.1. The van der Waals surface area contributed by atoms with Crippen molar-refractivity contribution < 1.29 is 9.53 Å². The van der Waals surface area contributed by atoms with Crippen molar-refractivity contribution in [3.8, 4) is 0 Å². The van der Waals surface area contributed by atoms with E-state index in [4.69, 9.17) is 0 Å². The Bertz CT molecular complexity index is 425. The van der Waals surface area contributed by atoms with E-state index in [1.807, 2.05) is 30.4 Å². The molecule has 0 aliphatic heterocycles. The molecule has 0 N–H and O–H groups in total. The van der Waals surface area contributed by atoms with Crippen LogP contribution in [0, 0.1) is 0 Å². The second kappa shape index (κ2) is 19.2. The fraction of sp³-hybridized carbons (Fsp3) is 0.500. The number of ether oxygens (including phenoxy) is 1. The highest BCUT2D eigenvalue weighted by Gasteiger charge is 1.90. The molecule has 0 spiro atoms. The molecule has 0 amide bonds. The highest BCUT2D eigenvalue weighted by atomic mass is 16.5. The van der Waals surface area contributed by atoms with Crippen molar-refractivity contribution in [1.29, 1.82) is 0 Å². The van der Waals surface area contributed by atoms with Crippen LogP contribution in [0.4, 0.5) is 0 Å². The van der Waals surface area contributed by atoms with Crippen LogP contribution in [0.15, 0.2) is 60.8 Å². The number of esters is 1. The number of allylic oxidation sites excluding steroid dienone is 9. The van der Waals surface area contributed by atoms with Gasteiger partial charge in [0.1, 0.15) is 0 Å². The van der Waals surface area contributed by atoms with E-state index in [0.717, 1.165) is 0 Å². The van der Waals surface area contributed by atoms with Crippen molar-refractivity contribution in [2.24, 2.45) is 0 Å². The first kappa shape index (κ1) is 22.2. The highest BCUT2D eigenvalue weighted by molar-refractivity contribution is 5.82. The smallest absolute Gasteiger partial charge is 0.330 e. The summed E-state index contributed by atoms with van der Waals surface area (Å²) in [7, 11) is 1.36. The molecule has 0 saturated heterocycles. The standard InChI is InChI=1S/C22H34O2/c1-3-4-5-6-7-8-9-10-11-12-13-14-15-16-17-18-19-20-21-22(23)24-2/h12-21H,3-11H2,1-2H3/b13-12+,15-14+,17-16+,19-18+,21-20+. The first-order valence-corrected chi connectivity index (χ1v) is 9.22. The Labute approximate surface area is 148 Å². The van der Waals surface area contributed by atoms with Crippen molar-refractivity contribution in [3.63, 3.8) is 0 Å². The van der Waals surface area contributed by atoms with Crippen LogP contribution in [-0.2, 0) is 9.53 Å². The Morgan fingerprint density at radius 1 is 0.708 bits per heavy atom. The monoisotopic (exact) mass is 330 g/mol. The fourth-order valence-corrected chi connectivity index (χ4v) is 2.16. The van der Waals surface area contributed by atoms with E-state index in [2.05, 4.69) is 23.8 Å². The molecule has 0 aromatic rings. The summed E-state index contributed by atoms with van der Waals surface area (Å²) in [6, 6.07) is 0. The van der Waals surface area contributed by atoms with Crippen LogP contribution in [0.5, 0.6) is 0 Å². The molecule has 0 saturated carbocycles. The second-order valence-electron chi connectivity index (χ2n) is 5.73. The Morgan fingerprint density at radius 3 is 1.79 bits per heavy atom. The normalized spacial score (nSPS) is 12.6. The molecule has 0 aromatic carbocycles. The van der Waals surface area contributed by atoms with Crippen molar-refractivity contribution in [2.45, 2.75) is 64.7 Å². The molecule has 0 fully saturated rings. The molecule has 0 atom stereocenters. The van der Waals surface area contributed by atoms with Crippen molar-refractivity contribution in [2.75, 3.05) is 7.11 Å². The molecule has 24 heavy (non-hydrogen) atoms. The van der Waals surface area contributed by atoms with E-state index in [1.165, 1.54) is 71.0 Å². The molecule has 0 radical (unpaired) electrons. The molecule has 2 heteroatoms. The van der Waals surface area contributed by atoms with Gasteiger partial charge < -0.3 is 4.74 Å². The quantitative estimate of drug-likeness (QED) is 0.158. The molecule has 0 aliphatic carbocycles. The van der Waals surface area contributed by atoms with Gasteiger partial charge in [-0.25, -0.2) is 4.79 Å². The fourth-order valence-electron chi connectivity index (χ4n) is 2.16. The largest absolute Gasteiger partial charge is 0.466 e. The van der Waals surface area contributed by atoms with Gasteiger partial charge in [-0.2, -0.15) is 0 Å². The number of unbranched alkanes of at least 4 members (excludes halogenated alkanes) is 8. The lowest BCUT2D eigenvalue weighted by Crippen LogP contribution is -1.92. The van der Waals surface area contributed by atoms with Crippen molar-refractivity contribution in [3.05, 3.63) is 60.8 Å². The van der Waals surface area contributed by atoms with Gasteiger partial charge >= 0.3 is 5.97 Å². The molecule has 0 bridgehead atoms. The van der Waals surface area contributed by atoms with Gasteiger partial charge in [-0.05, 0) is 12.8 Å². The molecule has 2 nitrogen and oxygen atoms in total. The zero-order valence-corrected chi connectivity index (χ0v) is 15.5. The summed E-state index contributed by atoms with van der Waals surface area (Å²) in [6.45, 7) is 2.26. The van der Waals surface area contributed by atoms with Crippen LogP contribution < -0.4 is 0 Å². The first-order valence-electron chi connectivity index (χ1n) is 9.22. The van der Waals surface area contributed by atoms with Gasteiger partial charge in [0.2, 0.25) is 0 Å². The third kappa shape index (κ3) is 18.2. The SMILES string of the molecule is CCCCCCCCCC/C=C/C=C/C=C/C=C/C=C/C(=O)OC. The number of hydrogen-bond donors (Lipinski definition) is 0. The van der Waals surface area contributed by atoms with Crippen LogP contribution in [0.25, 0.3) is 0 Å². The van der Waals surface area contributed by atoms with Crippen LogP contribution >= 0.6 is 0 Å². The summed E-state index contributed by atoms with van der Waals surface area (Å²) in [5.41, 5.74) is 0. The topological polar surface area (TPSA) is 26.3 Å². The molecular formula is C22H34O2. The van der Waals surface area contributed by atoms with Gasteiger partial charge in [0.05, 0.1) is 7.11 Å². The number of carbonyl (C=O) groups is 1. The minimum atomic E-state index is -0.342. The molecule has 0 unspecified atom stereocenters. The third-order valence-corrected chi connectivity index (χ3v) is 3.57. The number of hydrogen-bond acceptors (Lipinski definition) is 2. The highest BCUT2D eigenvalue weighted by Crippen LogP contribution is 2.09. The minimum absolute atomic E-state index is 0.342. The van der Waals surface area contributed by atoms with Crippen LogP contribution in [0.2, 0.25) is 0 Å². The molecule has 0 rings (SSSR count). The summed E-state index contributed by atoms with van der Waals surface area (Å²) < 4.78 is 4.49.